The molecule has 1 nitrogen and oxygen atoms in total. The Hall–Kier alpha value is -2.28. The van der Waals surface area contributed by atoms with E-state index in [1.165, 1.54) is 22.3 Å². The molecule has 0 aliphatic carbocycles. The first-order chi connectivity index (χ1) is 10.2. The topological polar surface area (TPSA) is 12.0 Å². The zero-order chi connectivity index (χ0) is 15.1. The van der Waals surface area contributed by atoms with Gasteiger partial charge in [-0.2, -0.15) is 0 Å². The second kappa shape index (κ2) is 7.49. The van der Waals surface area contributed by atoms with Gasteiger partial charge in [-0.05, 0) is 54.2 Å². The van der Waals surface area contributed by atoms with Gasteiger partial charge in [-0.1, -0.05) is 42.5 Å². The molecule has 2 rings (SSSR count). The lowest BCUT2D eigenvalue weighted by atomic mass is 10.0. The van der Waals surface area contributed by atoms with Crippen molar-refractivity contribution in [2.75, 3.05) is 5.32 Å². The molecule has 0 aliphatic rings. The van der Waals surface area contributed by atoms with Gasteiger partial charge in [-0.15, -0.1) is 13.2 Å². The van der Waals surface area contributed by atoms with Gasteiger partial charge in [0.15, 0.2) is 0 Å². The van der Waals surface area contributed by atoms with E-state index in [9.17, 15) is 0 Å². The molecular formula is C20H23N. The molecule has 0 saturated carbocycles. The second-order valence-electron chi connectivity index (χ2n) is 5.37. The molecule has 0 heterocycles. The SMILES string of the molecule is C=CCc1cc(CC=C)cc(CNc2cccc(C)c2)c1. The van der Waals surface area contributed by atoms with Crippen LogP contribution < -0.4 is 5.32 Å². The molecule has 0 aliphatic heterocycles. The van der Waals surface area contributed by atoms with Crippen molar-refractivity contribution in [1.29, 1.82) is 0 Å². The summed E-state index contributed by atoms with van der Waals surface area (Å²) in [5.74, 6) is 0. The summed E-state index contributed by atoms with van der Waals surface area (Å²) in [5, 5.41) is 3.49. The van der Waals surface area contributed by atoms with Crippen LogP contribution >= 0.6 is 0 Å². The smallest absolute Gasteiger partial charge is 0.0400 e. The number of allylic oxidation sites excluding steroid dienone is 2. The number of benzene rings is 2. The maximum Gasteiger partial charge on any atom is 0.0400 e. The first-order valence-corrected chi connectivity index (χ1v) is 7.35. The third-order valence-corrected chi connectivity index (χ3v) is 3.39. The van der Waals surface area contributed by atoms with Gasteiger partial charge in [-0.3, -0.25) is 0 Å². The number of nitrogens with one attached hydrogen (secondary N) is 1. The molecule has 0 radical (unpaired) electrons. The van der Waals surface area contributed by atoms with Crippen molar-refractivity contribution < 1.29 is 0 Å². The van der Waals surface area contributed by atoms with E-state index >= 15 is 0 Å². The van der Waals surface area contributed by atoms with Gasteiger partial charge >= 0.3 is 0 Å². The van der Waals surface area contributed by atoms with Crippen molar-refractivity contribution in [3.63, 3.8) is 0 Å². The minimum absolute atomic E-state index is 0.832. The quantitative estimate of drug-likeness (QED) is 0.697. The first-order valence-electron chi connectivity index (χ1n) is 7.35. The van der Waals surface area contributed by atoms with Crippen LogP contribution in [0.4, 0.5) is 5.69 Å². The highest BCUT2D eigenvalue weighted by Gasteiger charge is 2.01. The largest absolute Gasteiger partial charge is 0.381 e. The van der Waals surface area contributed by atoms with Crippen molar-refractivity contribution in [3.05, 3.63) is 90.0 Å². The summed E-state index contributed by atoms with van der Waals surface area (Å²) >= 11 is 0. The minimum atomic E-state index is 0.832. The minimum Gasteiger partial charge on any atom is -0.381 e. The monoisotopic (exact) mass is 277 g/mol. The van der Waals surface area contributed by atoms with Crippen LogP contribution in [0.2, 0.25) is 0 Å². The lowest BCUT2D eigenvalue weighted by Gasteiger charge is -2.11. The van der Waals surface area contributed by atoms with Crippen LogP contribution in [0.25, 0.3) is 0 Å². The number of hydrogen-bond donors (Lipinski definition) is 1. The van der Waals surface area contributed by atoms with Crippen molar-refractivity contribution in [3.8, 4) is 0 Å². The lowest BCUT2D eigenvalue weighted by molar-refractivity contribution is 1.10. The molecule has 0 fully saturated rings. The van der Waals surface area contributed by atoms with E-state index < -0.39 is 0 Å². The van der Waals surface area contributed by atoms with E-state index in [4.69, 9.17) is 0 Å². The summed E-state index contributed by atoms with van der Waals surface area (Å²) in [7, 11) is 0. The van der Waals surface area contributed by atoms with Gasteiger partial charge in [0.05, 0.1) is 0 Å². The maximum atomic E-state index is 3.83. The van der Waals surface area contributed by atoms with Crippen LogP contribution in [0, 0.1) is 6.92 Å². The molecule has 0 bridgehead atoms. The third-order valence-electron chi connectivity index (χ3n) is 3.39. The number of aryl methyl sites for hydroxylation is 1. The van der Waals surface area contributed by atoms with E-state index in [1.54, 1.807) is 0 Å². The predicted molar refractivity (Wildman–Crippen MR) is 92.7 cm³/mol. The van der Waals surface area contributed by atoms with Gasteiger partial charge in [0.25, 0.3) is 0 Å². The van der Waals surface area contributed by atoms with Gasteiger partial charge in [0.1, 0.15) is 0 Å². The van der Waals surface area contributed by atoms with Crippen molar-refractivity contribution in [2.24, 2.45) is 0 Å². The molecule has 0 spiro atoms. The highest BCUT2D eigenvalue weighted by molar-refractivity contribution is 5.46. The molecule has 1 N–H and O–H groups in total. The summed E-state index contributed by atoms with van der Waals surface area (Å²) < 4.78 is 0. The molecule has 2 aromatic rings. The standard InChI is InChI=1S/C20H23N/c1-4-7-17-12-18(8-5-2)14-19(13-17)15-21-20-10-6-9-16(3)11-20/h4-6,9-14,21H,1-2,7-8,15H2,3H3. The Morgan fingerprint density at radius 3 is 2.10 bits per heavy atom. The van der Waals surface area contributed by atoms with E-state index in [0.717, 1.165) is 25.1 Å². The highest BCUT2D eigenvalue weighted by Crippen LogP contribution is 2.16. The summed E-state index contributed by atoms with van der Waals surface area (Å²) in [6.07, 6.45) is 5.71. The molecule has 0 unspecified atom stereocenters. The van der Waals surface area contributed by atoms with E-state index in [2.05, 4.69) is 67.9 Å². The highest BCUT2D eigenvalue weighted by atomic mass is 14.9. The fraction of sp³-hybridized carbons (Fsp3) is 0.200. The number of anilines is 1. The molecule has 1 heteroatoms. The fourth-order valence-corrected chi connectivity index (χ4v) is 2.47. The van der Waals surface area contributed by atoms with Gasteiger partial charge < -0.3 is 5.32 Å². The lowest BCUT2D eigenvalue weighted by Crippen LogP contribution is -2.01. The molecule has 0 atom stereocenters. The summed E-state index contributed by atoms with van der Waals surface area (Å²) in [6.45, 7) is 10.6. The Morgan fingerprint density at radius 2 is 1.52 bits per heavy atom. The Balaban J connectivity index is 2.14. The number of rotatable bonds is 7. The van der Waals surface area contributed by atoms with Crippen LogP contribution in [0.15, 0.2) is 67.8 Å². The molecular weight excluding hydrogens is 254 g/mol. The Bertz CT molecular complexity index is 597. The predicted octanol–water partition coefficient (Wildman–Crippen LogP) is 5.06. The Morgan fingerprint density at radius 1 is 0.905 bits per heavy atom. The number of hydrogen-bond acceptors (Lipinski definition) is 1. The van der Waals surface area contributed by atoms with Crippen LogP contribution in [-0.4, -0.2) is 0 Å². The van der Waals surface area contributed by atoms with Crippen molar-refractivity contribution >= 4 is 5.69 Å². The Kier molecular flexibility index (Phi) is 5.39. The zero-order valence-corrected chi connectivity index (χ0v) is 12.7. The normalized spacial score (nSPS) is 10.1. The fourth-order valence-electron chi connectivity index (χ4n) is 2.47. The van der Waals surface area contributed by atoms with Crippen molar-refractivity contribution in [2.45, 2.75) is 26.3 Å². The van der Waals surface area contributed by atoms with Gasteiger partial charge in [-0.25, -0.2) is 0 Å². The Labute approximate surface area is 128 Å². The molecule has 0 aromatic heterocycles. The average molecular weight is 277 g/mol. The third kappa shape index (κ3) is 4.64. The van der Waals surface area contributed by atoms with Crippen LogP contribution in [0.3, 0.4) is 0 Å². The van der Waals surface area contributed by atoms with Gasteiger partial charge in [0, 0.05) is 12.2 Å². The van der Waals surface area contributed by atoms with Crippen LogP contribution in [0.1, 0.15) is 22.3 Å². The van der Waals surface area contributed by atoms with Gasteiger partial charge in [0.2, 0.25) is 0 Å². The molecule has 0 amide bonds. The second-order valence-corrected chi connectivity index (χ2v) is 5.37. The van der Waals surface area contributed by atoms with E-state index in [0.29, 0.717) is 0 Å². The van der Waals surface area contributed by atoms with E-state index in [-0.39, 0.29) is 0 Å². The average Bonchev–Trinajstić information content (AvgIpc) is 2.46. The molecule has 0 saturated heterocycles. The first kappa shape index (κ1) is 15.1. The maximum absolute atomic E-state index is 3.83. The van der Waals surface area contributed by atoms with Crippen LogP contribution in [-0.2, 0) is 19.4 Å². The zero-order valence-electron chi connectivity index (χ0n) is 12.7. The van der Waals surface area contributed by atoms with E-state index in [1.807, 2.05) is 12.2 Å². The summed E-state index contributed by atoms with van der Waals surface area (Å²) in [6, 6.07) is 15.2. The summed E-state index contributed by atoms with van der Waals surface area (Å²) in [5.41, 5.74) is 6.35. The van der Waals surface area contributed by atoms with Crippen molar-refractivity contribution in [1.82, 2.24) is 0 Å². The molecule has 108 valence electrons. The summed E-state index contributed by atoms with van der Waals surface area (Å²) in [4.78, 5) is 0. The molecule has 2 aromatic carbocycles. The molecule has 21 heavy (non-hydrogen) atoms. The van der Waals surface area contributed by atoms with Crippen LogP contribution in [0.5, 0.6) is 0 Å².